The molecule has 12 nitrogen and oxygen atoms in total. The van der Waals surface area contributed by atoms with Gasteiger partial charge in [-0.1, -0.05) is 6.92 Å². The summed E-state index contributed by atoms with van der Waals surface area (Å²) in [5.41, 5.74) is 0.693. The van der Waals surface area contributed by atoms with Crippen LogP contribution in [0.25, 0.3) is 0 Å². The normalized spacial score (nSPS) is 25.7. The number of aliphatic hydroxyl groups excluding tert-OH is 1. The fraction of sp³-hybridized carbons (Fsp3) is 0.520. The van der Waals surface area contributed by atoms with Gasteiger partial charge >= 0.3 is 5.97 Å². The Morgan fingerprint density at radius 3 is 2.37 bits per heavy atom. The molecule has 1 aromatic carbocycles. The van der Waals surface area contributed by atoms with Crippen LogP contribution in [0.5, 0.6) is 0 Å². The number of guanidine groups is 1. The van der Waals surface area contributed by atoms with Gasteiger partial charge in [-0.3, -0.25) is 19.7 Å². The van der Waals surface area contributed by atoms with E-state index in [4.69, 9.17) is 4.74 Å². The number of hydrogen-bond acceptors (Lipinski definition) is 8. The molecule has 0 spiro atoms. The second-order valence-electron chi connectivity index (χ2n) is 9.90. The topological polar surface area (TPSA) is 146 Å². The molecule has 1 aromatic rings. The number of hydrogen-bond donors (Lipinski definition) is 1. The Morgan fingerprint density at radius 1 is 1.24 bits per heavy atom. The number of thioether (sulfide) groups is 1. The van der Waals surface area contributed by atoms with Gasteiger partial charge in [0.05, 0.1) is 23.0 Å². The van der Waals surface area contributed by atoms with Gasteiger partial charge in [0.15, 0.2) is 0 Å². The number of fused-ring (bicyclic) bond motifs is 1. The summed E-state index contributed by atoms with van der Waals surface area (Å²) in [6.45, 7) is 5.94. The number of aliphatic imine (C=N–C) groups is 1. The highest BCUT2D eigenvalue weighted by atomic mass is 32.2. The molecule has 3 heterocycles. The van der Waals surface area contributed by atoms with Crippen LogP contribution in [-0.4, -0.2) is 93.1 Å². The van der Waals surface area contributed by atoms with Crippen molar-refractivity contribution in [2.24, 2.45) is 16.8 Å². The summed E-state index contributed by atoms with van der Waals surface area (Å²) < 4.78 is 5.57. The van der Waals surface area contributed by atoms with E-state index in [1.807, 2.05) is 30.8 Å². The number of rotatable bonds is 7. The van der Waals surface area contributed by atoms with Crippen LogP contribution in [0.3, 0.4) is 0 Å². The van der Waals surface area contributed by atoms with Crippen LogP contribution in [-0.2, 0) is 25.7 Å². The van der Waals surface area contributed by atoms with E-state index in [-0.39, 0.29) is 47.0 Å². The molecule has 2 fully saturated rings. The second-order valence-corrected chi connectivity index (χ2v) is 11.2. The van der Waals surface area contributed by atoms with E-state index in [9.17, 15) is 29.6 Å². The summed E-state index contributed by atoms with van der Waals surface area (Å²) in [5, 5.41) is 21.1. The van der Waals surface area contributed by atoms with E-state index in [0.29, 0.717) is 24.6 Å². The maximum atomic E-state index is 13.4. The van der Waals surface area contributed by atoms with E-state index >= 15 is 0 Å². The Labute approximate surface area is 224 Å². The molecule has 3 aliphatic rings. The van der Waals surface area contributed by atoms with Crippen LogP contribution in [0.4, 0.5) is 5.69 Å². The van der Waals surface area contributed by atoms with Gasteiger partial charge in [0.25, 0.3) is 5.69 Å². The molecule has 13 heteroatoms. The number of nitrogens with zero attached hydrogens (tertiary/aromatic N) is 5. The average molecular weight is 546 g/mol. The number of non-ortho nitro benzene ring substituents is 1. The molecular formula is C25H31N5O7S. The van der Waals surface area contributed by atoms with Gasteiger partial charge in [-0.05, 0) is 24.6 Å². The van der Waals surface area contributed by atoms with E-state index in [1.165, 1.54) is 47.9 Å². The van der Waals surface area contributed by atoms with Gasteiger partial charge in [0.2, 0.25) is 17.8 Å². The van der Waals surface area contributed by atoms with Gasteiger partial charge in [-0.15, -0.1) is 11.8 Å². The van der Waals surface area contributed by atoms with Gasteiger partial charge in [-0.2, -0.15) is 4.99 Å². The molecule has 2 amide bonds. The highest BCUT2D eigenvalue weighted by Gasteiger charge is 2.60. The number of carbonyl (C=O) groups excluding carboxylic acids is 3. The van der Waals surface area contributed by atoms with Crippen molar-refractivity contribution in [1.82, 2.24) is 14.7 Å². The first kappa shape index (κ1) is 27.6. The van der Waals surface area contributed by atoms with E-state index in [0.717, 1.165) is 4.91 Å². The van der Waals surface area contributed by atoms with Crippen LogP contribution in [0.1, 0.15) is 26.3 Å². The largest absolute Gasteiger partial charge is 0.456 e. The standard InChI is InChI=1S/C25H31N5O7S/c1-13-20-19(14(2)31)23(33)29(20)21(24(34)37-12-16-6-8-17(9-7-16)30(35)36)22(13)38-18-10-27(4)25(26-15(3)32)28(5)11-18/h6-9,13-14,18-20,31H,10-12H2,1-5H3/t13-,14-,18?,19-,20-/m1/s1. The van der Waals surface area contributed by atoms with Crippen LogP contribution >= 0.6 is 11.8 Å². The zero-order chi connectivity index (χ0) is 27.9. The number of benzene rings is 1. The van der Waals surface area contributed by atoms with Crippen LogP contribution in [0, 0.1) is 22.0 Å². The monoisotopic (exact) mass is 545 g/mol. The number of β-lactam (4-membered cyclic amide) rings is 1. The first-order chi connectivity index (χ1) is 17.9. The van der Waals surface area contributed by atoms with Crippen molar-refractivity contribution in [2.45, 2.75) is 44.8 Å². The molecule has 0 unspecified atom stereocenters. The minimum atomic E-state index is -0.856. The molecule has 38 heavy (non-hydrogen) atoms. The molecule has 2 saturated heterocycles. The average Bonchev–Trinajstić information content (AvgIpc) is 3.07. The number of nitro groups is 1. The molecule has 4 rings (SSSR count). The molecule has 0 aromatic heterocycles. The van der Waals surface area contributed by atoms with Crippen molar-refractivity contribution in [3.05, 3.63) is 50.5 Å². The SMILES string of the molecule is CC(=O)N=C1N(C)CC(SC2=C(C(=O)OCc3ccc([N+](=O)[O-])cc3)N3C(=O)[C@H]([C@@H](C)O)[C@H]3[C@H]2C)CN1C. The Kier molecular flexibility index (Phi) is 7.79. The number of nitro benzene ring substituents is 1. The van der Waals surface area contributed by atoms with E-state index < -0.39 is 22.9 Å². The molecule has 4 atom stereocenters. The minimum Gasteiger partial charge on any atom is -0.456 e. The van der Waals surface area contributed by atoms with Crippen LogP contribution in [0.15, 0.2) is 39.9 Å². The quantitative estimate of drug-likeness (QED) is 0.232. The predicted molar refractivity (Wildman–Crippen MR) is 140 cm³/mol. The zero-order valence-electron chi connectivity index (χ0n) is 21.9. The Balaban J connectivity index is 1.57. The molecule has 204 valence electrons. The first-order valence-corrected chi connectivity index (χ1v) is 13.1. The lowest BCUT2D eigenvalue weighted by Gasteiger charge is -2.46. The molecule has 0 radical (unpaired) electrons. The van der Waals surface area contributed by atoms with Crippen LogP contribution < -0.4 is 0 Å². The van der Waals surface area contributed by atoms with Crippen molar-refractivity contribution in [2.75, 3.05) is 27.2 Å². The Morgan fingerprint density at radius 2 is 1.84 bits per heavy atom. The maximum Gasteiger partial charge on any atom is 0.356 e. The van der Waals surface area contributed by atoms with Gasteiger partial charge in [-0.25, -0.2) is 4.79 Å². The van der Waals surface area contributed by atoms with Gasteiger partial charge in [0.1, 0.15) is 12.3 Å². The highest BCUT2D eigenvalue weighted by molar-refractivity contribution is 8.03. The van der Waals surface area contributed by atoms with Gasteiger partial charge in [0, 0.05) is 62.3 Å². The summed E-state index contributed by atoms with van der Waals surface area (Å²) in [5.74, 6) is -1.49. The minimum absolute atomic E-state index is 0.00429. The third-order valence-corrected chi connectivity index (χ3v) is 8.46. The van der Waals surface area contributed by atoms with Crippen molar-refractivity contribution in [3.8, 4) is 0 Å². The molecule has 0 aliphatic carbocycles. The van der Waals surface area contributed by atoms with Gasteiger partial charge < -0.3 is 24.5 Å². The zero-order valence-corrected chi connectivity index (χ0v) is 22.7. The molecule has 3 aliphatic heterocycles. The summed E-state index contributed by atoms with van der Waals surface area (Å²) in [4.78, 5) is 58.3. The lowest BCUT2D eigenvalue weighted by atomic mass is 9.79. The second kappa shape index (κ2) is 10.7. The molecule has 1 N–H and O–H groups in total. The number of esters is 1. The fourth-order valence-corrected chi connectivity index (χ4v) is 6.89. The number of ether oxygens (including phenoxy) is 1. The maximum absolute atomic E-state index is 13.4. The van der Waals surface area contributed by atoms with Crippen molar-refractivity contribution >= 4 is 41.2 Å². The van der Waals surface area contributed by atoms with Crippen molar-refractivity contribution in [3.63, 3.8) is 0 Å². The Hall–Kier alpha value is -3.45. The molecule has 0 saturated carbocycles. The lowest BCUT2D eigenvalue weighted by Crippen LogP contribution is -2.63. The fourth-order valence-electron chi connectivity index (χ4n) is 5.29. The summed E-state index contributed by atoms with van der Waals surface area (Å²) in [7, 11) is 3.69. The van der Waals surface area contributed by atoms with Crippen LogP contribution in [0.2, 0.25) is 0 Å². The summed E-state index contributed by atoms with van der Waals surface area (Å²) >= 11 is 1.50. The number of aliphatic hydroxyl groups is 1. The number of carbonyl (C=O) groups is 3. The highest BCUT2D eigenvalue weighted by Crippen LogP contribution is 2.51. The smallest absolute Gasteiger partial charge is 0.356 e. The first-order valence-electron chi connectivity index (χ1n) is 12.2. The summed E-state index contributed by atoms with van der Waals surface area (Å²) in [6.07, 6.45) is -0.856. The lowest BCUT2D eigenvalue weighted by molar-refractivity contribution is -0.384. The van der Waals surface area contributed by atoms with Crippen molar-refractivity contribution < 1.29 is 29.2 Å². The molecule has 0 bridgehead atoms. The predicted octanol–water partition coefficient (Wildman–Crippen LogP) is 1.59. The van der Waals surface area contributed by atoms with Crippen molar-refractivity contribution in [1.29, 1.82) is 0 Å². The Bertz CT molecular complexity index is 1200. The third-order valence-electron chi connectivity index (χ3n) is 7.01. The van der Waals surface area contributed by atoms with E-state index in [1.54, 1.807) is 6.92 Å². The third kappa shape index (κ3) is 5.12. The van der Waals surface area contributed by atoms with E-state index in [2.05, 4.69) is 4.99 Å². The summed E-state index contributed by atoms with van der Waals surface area (Å²) in [6, 6.07) is 5.36. The number of amides is 2. The molecular weight excluding hydrogens is 514 g/mol.